The van der Waals surface area contributed by atoms with Gasteiger partial charge < -0.3 is 10.1 Å². The zero-order valence-corrected chi connectivity index (χ0v) is 13.2. The molecule has 0 aliphatic heterocycles. The van der Waals surface area contributed by atoms with Crippen LogP contribution in [0.3, 0.4) is 0 Å². The molecule has 0 aliphatic rings. The fourth-order valence-corrected chi connectivity index (χ4v) is 2.32. The molecule has 2 rings (SSSR count). The maximum absolute atomic E-state index is 13.7. The summed E-state index contributed by atoms with van der Waals surface area (Å²) in [6.07, 6.45) is 0.748. The second-order valence-corrected chi connectivity index (χ2v) is 5.34. The zero-order valence-electron chi connectivity index (χ0n) is 11.6. The average molecular weight is 354 g/mol. The quantitative estimate of drug-likeness (QED) is 0.611. The number of hydrogen-bond acceptors (Lipinski definition) is 2. The molecule has 5 heteroatoms. The minimum atomic E-state index is -0.315. The Kier molecular flexibility index (Phi) is 6.14. The number of ether oxygens (including phenoxy) is 1. The lowest BCUT2D eigenvalue weighted by molar-refractivity contribution is 0.0946. The first kappa shape index (κ1) is 15.9. The van der Waals surface area contributed by atoms with E-state index in [1.54, 1.807) is 24.3 Å². The van der Waals surface area contributed by atoms with Crippen LogP contribution < -0.4 is 5.32 Å². The summed E-state index contributed by atoms with van der Waals surface area (Å²) in [6, 6.07) is 9.84. The highest BCUT2D eigenvalue weighted by atomic mass is 79.9. The Bertz CT molecular complexity index is 618. The number of carbonyl (C=O) groups is 1. The lowest BCUT2D eigenvalue weighted by Crippen LogP contribution is -2.25. The Morgan fingerprint density at radius 1 is 1.14 bits per heavy atom. The normalized spacial score (nSPS) is 10.8. The van der Waals surface area contributed by atoms with Gasteiger partial charge in [-0.1, -0.05) is 40.2 Å². The smallest absolute Gasteiger partial charge is 0.251 e. The van der Waals surface area contributed by atoms with Crippen molar-refractivity contribution in [2.45, 2.75) is 6.42 Å². The van der Waals surface area contributed by atoms with Crippen molar-refractivity contribution in [2.24, 2.45) is 0 Å². The predicted octanol–water partition coefficient (Wildman–Crippen LogP) is 3.51. The zero-order chi connectivity index (χ0) is 15.1. The van der Waals surface area contributed by atoms with Gasteiger partial charge in [-0.2, -0.15) is 0 Å². The average Bonchev–Trinajstić information content (AvgIpc) is 2.51. The van der Waals surface area contributed by atoms with Crippen molar-refractivity contribution in [2.75, 3.05) is 25.1 Å². The number of halogens is 2. The maximum atomic E-state index is 13.7. The molecule has 0 aromatic heterocycles. The number of carbonyl (C=O) groups excluding carboxylic acids is 1. The van der Waals surface area contributed by atoms with Gasteiger partial charge in [-0.15, -0.1) is 0 Å². The third kappa shape index (κ3) is 4.25. The standard InChI is InChI=1S/C16H17BrFNO2/c17-8-11-21-10-3-9-19-16(20)14-6-7-15(18)13-5-2-1-4-12(13)14/h1-2,4-7H,3,8-11H2,(H,19,20). The highest BCUT2D eigenvalue weighted by Gasteiger charge is 2.11. The van der Waals surface area contributed by atoms with E-state index >= 15 is 0 Å². The van der Waals surface area contributed by atoms with E-state index in [1.807, 2.05) is 0 Å². The predicted molar refractivity (Wildman–Crippen MR) is 85.5 cm³/mol. The van der Waals surface area contributed by atoms with Crippen molar-refractivity contribution in [3.63, 3.8) is 0 Å². The number of benzene rings is 2. The van der Waals surface area contributed by atoms with Gasteiger partial charge in [0.25, 0.3) is 5.91 Å². The Morgan fingerprint density at radius 3 is 2.67 bits per heavy atom. The van der Waals surface area contributed by atoms with Gasteiger partial charge >= 0.3 is 0 Å². The van der Waals surface area contributed by atoms with Gasteiger partial charge in [0.1, 0.15) is 5.82 Å². The summed E-state index contributed by atoms with van der Waals surface area (Å²) in [5.41, 5.74) is 0.494. The molecular formula is C16H17BrFNO2. The van der Waals surface area contributed by atoms with Crippen molar-refractivity contribution in [3.8, 4) is 0 Å². The molecule has 0 bridgehead atoms. The van der Waals surface area contributed by atoms with Crippen LogP contribution in [0.25, 0.3) is 10.8 Å². The van der Waals surface area contributed by atoms with Gasteiger partial charge in [-0.05, 0) is 23.9 Å². The monoisotopic (exact) mass is 353 g/mol. The van der Waals surface area contributed by atoms with E-state index in [2.05, 4.69) is 21.2 Å². The van der Waals surface area contributed by atoms with E-state index in [-0.39, 0.29) is 11.7 Å². The van der Waals surface area contributed by atoms with Crippen LogP contribution in [0.2, 0.25) is 0 Å². The molecule has 0 saturated heterocycles. The van der Waals surface area contributed by atoms with Crippen LogP contribution in [-0.2, 0) is 4.74 Å². The number of fused-ring (bicyclic) bond motifs is 1. The van der Waals surface area contributed by atoms with E-state index < -0.39 is 0 Å². The molecule has 0 atom stereocenters. The lowest BCUT2D eigenvalue weighted by Gasteiger charge is -2.09. The van der Waals surface area contributed by atoms with Gasteiger partial charge in [-0.3, -0.25) is 4.79 Å². The first-order valence-electron chi connectivity index (χ1n) is 6.83. The molecule has 2 aromatic rings. The van der Waals surface area contributed by atoms with Crippen molar-refractivity contribution < 1.29 is 13.9 Å². The van der Waals surface area contributed by atoms with E-state index in [4.69, 9.17) is 4.74 Å². The van der Waals surface area contributed by atoms with Crippen LogP contribution in [0, 0.1) is 5.82 Å². The fourth-order valence-electron chi connectivity index (χ4n) is 2.09. The molecule has 0 heterocycles. The summed E-state index contributed by atoms with van der Waals surface area (Å²) >= 11 is 3.28. The summed E-state index contributed by atoms with van der Waals surface area (Å²) in [6.45, 7) is 1.80. The molecule has 0 saturated carbocycles. The third-order valence-electron chi connectivity index (χ3n) is 3.09. The second-order valence-electron chi connectivity index (χ2n) is 4.55. The number of amides is 1. The Hall–Kier alpha value is -1.46. The van der Waals surface area contributed by atoms with Gasteiger partial charge in [0, 0.05) is 29.4 Å². The van der Waals surface area contributed by atoms with E-state index in [0.717, 1.165) is 11.8 Å². The summed E-state index contributed by atoms with van der Waals surface area (Å²) in [5, 5.41) is 4.73. The summed E-state index contributed by atoms with van der Waals surface area (Å²) < 4.78 is 19.0. The second kappa shape index (κ2) is 8.10. The number of nitrogens with one attached hydrogen (secondary N) is 1. The van der Waals surface area contributed by atoms with Crippen molar-refractivity contribution in [3.05, 3.63) is 47.8 Å². The van der Waals surface area contributed by atoms with Crippen LogP contribution in [0.15, 0.2) is 36.4 Å². The Balaban J connectivity index is 1.98. The Morgan fingerprint density at radius 2 is 1.90 bits per heavy atom. The van der Waals surface area contributed by atoms with Crippen LogP contribution in [-0.4, -0.2) is 31.0 Å². The minimum absolute atomic E-state index is 0.188. The molecule has 2 aromatic carbocycles. The van der Waals surface area contributed by atoms with Crippen LogP contribution in [0.5, 0.6) is 0 Å². The highest BCUT2D eigenvalue weighted by Crippen LogP contribution is 2.21. The molecular weight excluding hydrogens is 337 g/mol. The van der Waals surface area contributed by atoms with Gasteiger partial charge in [0.05, 0.1) is 6.61 Å². The molecule has 112 valence electrons. The highest BCUT2D eigenvalue weighted by molar-refractivity contribution is 9.09. The van der Waals surface area contributed by atoms with E-state index in [0.29, 0.717) is 36.1 Å². The molecule has 0 spiro atoms. The molecule has 21 heavy (non-hydrogen) atoms. The number of rotatable bonds is 7. The number of hydrogen-bond donors (Lipinski definition) is 1. The van der Waals surface area contributed by atoms with Gasteiger partial charge in [0.2, 0.25) is 0 Å². The summed E-state index contributed by atoms with van der Waals surface area (Å²) in [7, 11) is 0. The van der Waals surface area contributed by atoms with Crippen molar-refractivity contribution >= 4 is 32.6 Å². The van der Waals surface area contributed by atoms with Crippen LogP contribution >= 0.6 is 15.9 Å². The van der Waals surface area contributed by atoms with Crippen LogP contribution in [0.4, 0.5) is 4.39 Å². The lowest BCUT2D eigenvalue weighted by atomic mass is 10.0. The molecule has 0 unspecified atom stereocenters. The minimum Gasteiger partial charge on any atom is -0.381 e. The van der Waals surface area contributed by atoms with E-state index in [9.17, 15) is 9.18 Å². The molecule has 0 radical (unpaired) electrons. The van der Waals surface area contributed by atoms with Gasteiger partial charge in [-0.25, -0.2) is 4.39 Å². The third-order valence-corrected chi connectivity index (χ3v) is 3.41. The molecule has 1 amide bonds. The van der Waals surface area contributed by atoms with Crippen molar-refractivity contribution in [1.29, 1.82) is 0 Å². The SMILES string of the molecule is O=C(NCCCOCCBr)c1ccc(F)c2ccccc12. The number of alkyl halides is 1. The van der Waals surface area contributed by atoms with Crippen molar-refractivity contribution in [1.82, 2.24) is 5.32 Å². The molecule has 0 fully saturated rings. The molecule has 3 nitrogen and oxygen atoms in total. The van der Waals surface area contributed by atoms with Crippen LogP contribution in [0.1, 0.15) is 16.8 Å². The first-order valence-corrected chi connectivity index (χ1v) is 7.95. The largest absolute Gasteiger partial charge is 0.381 e. The summed E-state index contributed by atoms with van der Waals surface area (Å²) in [5.74, 6) is -0.503. The first-order chi connectivity index (χ1) is 10.2. The van der Waals surface area contributed by atoms with E-state index in [1.165, 1.54) is 12.1 Å². The molecule has 1 N–H and O–H groups in total. The maximum Gasteiger partial charge on any atom is 0.251 e. The molecule has 0 aliphatic carbocycles. The fraction of sp³-hybridized carbons (Fsp3) is 0.312. The topological polar surface area (TPSA) is 38.3 Å². The van der Waals surface area contributed by atoms with Gasteiger partial charge in [0.15, 0.2) is 0 Å². The Labute approximate surface area is 131 Å². The summed E-state index contributed by atoms with van der Waals surface area (Å²) in [4.78, 5) is 12.2.